The lowest BCUT2D eigenvalue weighted by Gasteiger charge is -2.12. The van der Waals surface area contributed by atoms with E-state index >= 15 is 0 Å². The van der Waals surface area contributed by atoms with Crippen molar-refractivity contribution in [3.63, 3.8) is 0 Å². The monoisotopic (exact) mass is 263 g/mol. The molecule has 5 nitrogen and oxygen atoms in total. The van der Waals surface area contributed by atoms with Gasteiger partial charge in [0, 0.05) is 5.69 Å². The van der Waals surface area contributed by atoms with Gasteiger partial charge in [0.25, 0.3) is 0 Å². The lowest BCUT2D eigenvalue weighted by atomic mass is 10.2. The summed E-state index contributed by atoms with van der Waals surface area (Å²) in [5.41, 5.74) is 2.89. The van der Waals surface area contributed by atoms with Crippen molar-refractivity contribution in [1.82, 2.24) is 15.0 Å². The van der Waals surface area contributed by atoms with Crippen molar-refractivity contribution in [3.05, 3.63) is 67.3 Å². The molecule has 0 aliphatic rings. The summed E-state index contributed by atoms with van der Waals surface area (Å²) >= 11 is 0. The predicted octanol–water partition coefficient (Wildman–Crippen LogP) is 3.36. The van der Waals surface area contributed by atoms with Crippen LogP contribution in [0.3, 0.4) is 0 Å². The van der Waals surface area contributed by atoms with Crippen molar-refractivity contribution < 1.29 is 0 Å². The Bertz CT molecular complexity index is 610. The van der Waals surface area contributed by atoms with E-state index in [4.69, 9.17) is 0 Å². The summed E-state index contributed by atoms with van der Waals surface area (Å²) in [5.74, 6) is 0.516. The highest BCUT2D eigenvalue weighted by Crippen LogP contribution is 2.26. The minimum absolute atomic E-state index is 0.516. The van der Waals surface area contributed by atoms with Gasteiger partial charge < -0.3 is 10.6 Å². The van der Waals surface area contributed by atoms with Gasteiger partial charge in [-0.3, -0.25) is 0 Å². The number of hydrogen-bond acceptors (Lipinski definition) is 5. The molecule has 0 spiro atoms. The second kappa shape index (κ2) is 5.79. The third-order valence-electron chi connectivity index (χ3n) is 2.72. The summed E-state index contributed by atoms with van der Waals surface area (Å²) < 4.78 is 0. The molecule has 0 unspecified atom stereocenters. The van der Waals surface area contributed by atoms with Crippen molar-refractivity contribution >= 4 is 23.0 Å². The van der Waals surface area contributed by atoms with Crippen LogP contribution in [0.25, 0.3) is 0 Å². The number of nitrogens with one attached hydrogen (secondary N) is 2. The number of rotatable bonds is 4. The van der Waals surface area contributed by atoms with Gasteiger partial charge in [-0.1, -0.05) is 30.3 Å². The fraction of sp³-hybridized carbons (Fsp3) is 0. The molecule has 5 heteroatoms. The van der Waals surface area contributed by atoms with E-state index in [1.807, 2.05) is 54.6 Å². The molecule has 0 amide bonds. The van der Waals surface area contributed by atoms with Crippen LogP contribution in [0.15, 0.2) is 67.3 Å². The minimum atomic E-state index is 0.516. The molecule has 0 saturated heterocycles. The third-order valence-corrected chi connectivity index (χ3v) is 2.72. The summed E-state index contributed by atoms with van der Waals surface area (Å²) in [6, 6.07) is 17.9. The lowest BCUT2D eigenvalue weighted by molar-refractivity contribution is 1.05. The minimum Gasteiger partial charge on any atom is -0.354 e. The van der Waals surface area contributed by atoms with Crippen molar-refractivity contribution in [2.45, 2.75) is 0 Å². The van der Waals surface area contributed by atoms with E-state index in [0.29, 0.717) is 5.95 Å². The van der Waals surface area contributed by atoms with E-state index in [0.717, 1.165) is 17.1 Å². The van der Waals surface area contributed by atoms with Gasteiger partial charge in [-0.15, -0.1) is 0 Å². The highest BCUT2D eigenvalue weighted by atomic mass is 15.1. The molecule has 1 aromatic heterocycles. The summed E-state index contributed by atoms with van der Waals surface area (Å²) in [7, 11) is 0. The standard InChI is InChI=1S/C15H13N5/c1-2-6-12(7-3-1)19-13-8-4-5-9-14(13)20-15-17-10-16-11-18-15/h1-11,19H,(H,16,17,18,20). The van der Waals surface area contributed by atoms with E-state index < -0.39 is 0 Å². The van der Waals surface area contributed by atoms with Gasteiger partial charge in [-0.05, 0) is 24.3 Å². The Morgan fingerprint density at radius 2 is 1.25 bits per heavy atom. The molecule has 0 radical (unpaired) electrons. The van der Waals surface area contributed by atoms with Crippen molar-refractivity contribution in [2.75, 3.05) is 10.6 Å². The molecular weight excluding hydrogens is 250 g/mol. The highest BCUT2D eigenvalue weighted by molar-refractivity contribution is 5.76. The molecule has 2 N–H and O–H groups in total. The third kappa shape index (κ3) is 2.89. The van der Waals surface area contributed by atoms with Crippen molar-refractivity contribution in [1.29, 1.82) is 0 Å². The Morgan fingerprint density at radius 3 is 1.95 bits per heavy atom. The topological polar surface area (TPSA) is 62.7 Å². The van der Waals surface area contributed by atoms with Crippen LogP contribution in [0.4, 0.5) is 23.0 Å². The average molecular weight is 263 g/mol. The molecule has 0 aliphatic heterocycles. The summed E-state index contributed by atoms with van der Waals surface area (Å²) in [6.45, 7) is 0. The zero-order valence-electron chi connectivity index (χ0n) is 10.7. The van der Waals surface area contributed by atoms with E-state index in [-0.39, 0.29) is 0 Å². The molecule has 1 heterocycles. The number of benzene rings is 2. The SMILES string of the molecule is c1ccc(Nc2ccccc2Nc2ncncn2)cc1. The molecule has 20 heavy (non-hydrogen) atoms. The first kappa shape index (κ1) is 12.1. The van der Waals surface area contributed by atoms with Gasteiger partial charge in [0.2, 0.25) is 5.95 Å². The summed E-state index contributed by atoms with van der Waals surface area (Å²) in [4.78, 5) is 11.9. The molecule has 0 saturated carbocycles. The second-order valence-corrected chi connectivity index (χ2v) is 4.12. The predicted molar refractivity (Wildman–Crippen MR) is 79.3 cm³/mol. The highest BCUT2D eigenvalue weighted by Gasteiger charge is 2.03. The summed E-state index contributed by atoms with van der Waals surface area (Å²) in [6.07, 6.45) is 2.92. The van der Waals surface area contributed by atoms with E-state index in [2.05, 4.69) is 25.6 Å². The Labute approximate surface area is 116 Å². The Morgan fingerprint density at radius 1 is 0.650 bits per heavy atom. The van der Waals surface area contributed by atoms with Crippen LogP contribution < -0.4 is 10.6 Å². The summed E-state index contributed by atoms with van der Waals surface area (Å²) in [5, 5.41) is 6.53. The van der Waals surface area contributed by atoms with Gasteiger partial charge in [-0.2, -0.15) is 0 Å². The fourth-order valence-electron chi connectivity index (χ4n) is 1.80. The van der Waals surface area contributed by atoms with Crippen molar-refractivity contribution in [3.8, 4) is 0 Å². The quantitative estimate of drug-likeness (QED) is 0.755. The van der Waals surface area contributed by atoms with Crippen LogP contribution >= 0.6 is 0 Å². The van der Waals surface area contributed by atoms with Gasteiger partial charge in [0.1, 0.15) is 12.7 Å². The smallest absolute Gasteiger partial charge is 0.230 e. The van der Waals surface area contributed by atoms with Gasteiger partial charge >= 0.3 is 0 Å². The second-order valence-electron chi connectivity index (χ2n) is 4.12. The zero-order chi connectivity index (χ0) is 13.6. The van der Waals surface area contributed by atoms with E-state index in [1.165, 1.54) is 12.7 Å². The molecule has 3 aromatic rings. The molecule has 98 valence electrons. The van der Waals surface area contributed by atoms with Crippen LogP contribution in [0, 0.1) is 0 Å². The fourth-order valence-corrected chi connectivity index (χ4v) is 1.80. The number of anilines is 4. The molecule has 0 bridgehead atoms. The zero-order valence-corrected chi connectivity index (χ0v) is 10.7. The maximum absolute atomic E-state index is 4.06. The molecule has 0 aliphatic carbocycles. The molecular formula is C15H13N5. The first-order valence-corrected chi connectivity index (χ1v) is 6.22. The van der Waals surface area contributed by atoms with Gasteiger partial charge in [0.05, 0.1) is 11.4 Å². The number of aromatic nitrogens is 3. The molecule has 0 fully saturated rings. The van der Waals surface area contributed by atoms with Crippen LogP contribution in [-0.2, 0) is 0 Å². The first-order chi connectivity index (χ1) is 9.92. The van der Waals surface area contributed by atoms with Crippen molar-refractivity contribution in [2.24, 2.45) is 0 Å². The van der Waals surface area contributed by atoms with E-state index in [9.17, 15) is 0 Å². The first-order valence-electron chi connectivity index (χ1n) is 6.22. The molecule has 0 atom stereocenters. The lowest BCUT2D eigenvalue weighted by Crippen LogP contribution is -2.00. The van der Waals surface area contributed by atoms with Crippen LogP contribution in [-0.4, -0.2) is 15.0 Å². The number of para-hydroxylation sites is 3. The maximum Gasteiger partial charge on any atom is 0.230 e. The average Bonchev–Trinajstić information content (AvgIpc) is 2.51. The van der Waals surface area contributed by atoms with Crippen LogP contribution in [0.1, 0.15) is 0 Å². The maximum atomic E-state index is 4.06. The Balaban J connectivity index is 1.85. The number of hydrogen-bond donors (Lipinski definition) is 2. The van der Waals surface area contributed by atoms with Gasteiger partial charge in [-0.25, -0.2) is 15.0 Å². The van der Waals surface area contributed by atoms with Gasteiger partial charge in [0.15, 0.2) is 0 Å². The largest absolute Gasteiger partial charge is 0.354 e. The Hall–Kier alpha value is -2.95. The Kier molecular flexibility index (Phi) is 3.51. The van der Waals surface area contributed by atoms with E-state index in [1.54, 1.807) is 0 Å². The normalized spacial score (nSPS) is 10.0. The number of nitrogens with zero attached hydrogens (tertiary/aromatic N) is 3. The van der Waals surface area contributed by atoms with Crippen LogP contribution in [0.2, 0.25) is 0 Å². The molecule has 3 rings (SSSR count). The molecule has 2 aromatic carbocycles. The van der Waals surface area contributed by atoms with Crippen LogP contribution in [0.5, 0.6) is 0 Å².